The van der Waals surface area contributed by atoms with Gasteiger partial charge in [0, 0.05) is 18.3 Å². The van der Waals surface area contributed by atoms with Crippen molar-refractivity contribution in [3.8, 4) is 11.4 Å². The topological polar surface area (TPSA) is 125 Å². The Bertz CT molecular complexity index is 783. The molecule has 0 spiro atoms. The summed E-state index contributed by atoms with van der Waals surface area (Å²) >= 11 is 0. The van der Waals surface area contributed by atoms with Gasteiger partial charge in [0.15, 0.2) is 5.75 Å². The normalized spacial score (nSPS) is 10.1. The standard InChI is InChI=1S/C12H9N3O6/c1-21-10-3-2-7(6-8(10)15(19)20)14-5-4-9(16)11(13-14)12(17)18/h2-6H,1H3,(H,17,18). The van der Waals surface area contributed by atoms with Crippen LogP contribution < -0.4 is 10.2 Å². The lowest BCUT2D eigenvalue weighted by Gasteiger charge is -2.07. The van der Waals surface area contributed by atoms with Crippen LogP contribution >= 0.6 is 0 Å². The minimum absolute atomic E-state index is 0.0586. The number of benzene rings is 1. The molecule has 1 N–H and O–H groups in total. The van der Waals surface area contributed by atoms with Gasteiger partial charge < -0.3 is 9.84 Å². The second-order valence-corrected chi connectivity index (χ2v) is 3.89. The van der Waals surface area contributed by atoms with Gasteiger partial charge in [0.1, 0.15) is 0 Å². The fraction of sp³-hybridized carbons (Fsp3) is 0.0833. The van der Waals surface area contributed by atoms with Crippen molar-refractivity contribution in [2.24, 2.45) is 0 Å². The highest BCUT2D eigenvalue weighted by atomic mass is 16.6. The number of rotatable bonds is 4. The first-order valence-corrected chi connectivity index (χ1v) is 5.60. The predicted octanol–water partition coefficient (Wildman–Crippen LogP) is 0.847. The number of nitro groups is 1. The van der Waals surface area contributed by atoms with Gasteiger partial charge >= 0.3 is 11.7 Å². The third-order valence-electron chi connectivity index (χ3n) is 2.63. The van der Waals surface area contributed by atoms with Crippen LogP contribution in [0.25, 0.3) is 5.69 Å². The van der Waals surface area contributed by atoms with Crippen molar-refractivity contribution in [3.05, 3.63) is 56.5 Å². The summed E-state index contributed by atoms with van der Waals surface area (Å²) in [7, 11) is 1.29. The van der Waals surface area contributed by atoms with Crippen LogP contribution in [0.4, 0.5) is 5.69 Å². The van der Waals surface area contributed by atoms with E-state index in [4.69, 9.17) is 9.84 Å². The Morgan fingerprint density at radius 3 is 2.71 bits per heavy atom. The molecule has 0 bridgehead atoms. The summed E-state index contributed by atoms with van der Waals surface area (Å²) in [6, 6.07) is 5.00. The Morgan fingerprint density at radius 2 is 2.14 bits per heavy atom. The maximum atomic E-state index is 11.3. The summed E-state index contributed by atoms with van der Waals surface area (Å²) in [5.41, 5.74) is -1.49. The van der Waals surface area contributed by atoms with Gasteiger partial charge in [-0.1, -0.05) is 0 Å². The number of aromatic nitrogens is 2. The zero-order valence-corrected chi connectivity index (χ0v) is 10.7. The second-order valence-electron chi connectivity index (χ2n) is 3.89. The number of nitro benzene ring substituents is 1. The molecule has 1 heterocycles. The minimum atomic E-state index is -1.47. The molecule has 9 heteroatoms. The highest BCUT2D eigenvalue weighted by Gasteiger charge is 2.17. The summed E-state index contributed by atoms with van der Waals surface area (Å²) < 4.78 is 5.93. The quantitative estimate of drug-likeness (QED) is 0.653. The highest BCUT2D eigenvalue weighted by Crippen LogP contribution is 2.28. The smallest absolute Gasteiger partial charge is 0.360 e. The Kier molecular flexibility index (Phi) is 3.65. The SMILES string of the molecule is COc1ccc(-n2ccc(=O)c(C(=O)O)n2)cc1[N+](=O)[O-]. The van der Waals surface area contributed by atoms with Crippen molar-refractivity contribution in [1.29, 1.82) is 0 Å². The zero-order chi connectivity index (χ0) is 15.6. The van der Waals surface area contributed by atoms with Gasteiger partial charge in [-0.2, -0.15) is 5.10 Å². The van der Waals surface area contributed by atoms with Crippen LogP contribution in [0.15, 0.2) is 35.3 Å². The molecule has 0 atom stereocenters. The molecule has 2 aromatic rings. The van der Waals surface area contributed by atoms with E-state index >= 15 is 0 Å². The lowest BCUT2D eigenvalue weighted by Crippen LogP contribution is -2.20. The van der Waals surface area contributed by atoms with Gasteiger partial charge in [-0.3, -0.25) is 14.9 Å². The third kappa shape index (κ3) is 2.71. The molecule has 0 saturated carbocycles. The van der Waals surface area contributed by atoms with Crippen molar-refractivity contribution in [1.82, 2.24) is 9.78 Å². The average molecular weight is 291 g/mol. The summed E-state index contributed by atoms with van der Waals surface area (Å²) in [5.74, 6) is -1.42. The molecule has 108 valence electrons. The van der Waals surface area contributed by atoms with Crippen LogP contribution in [0.2, 0.25) is 0 Å². The summed E-state index contributed by atoms with van der Waals surface area (Å²) in [4.78, 5) is 32.5. The Labute approximate surface area is 117 Å². The summed E-state index contributed by atoms with van der Waals surface area (Å²) in [5, 5.41) is 23.4. The molecular weight excluding hydrogens is 282 g/mol. The second kappa shape index (κ2) is 5.41. The molecule has 0 aliphatic rings. The molecule has 21 heavy (non-hydrogen) atoms. The van der Waals surface area contributed by atoms with E-state index in [0.29, 0.717) is 0 Å². The van der Waals surface area contributed by atoms with E-state index in [0.717, 1.165) is 10.7 Å². The van der Waals surface area contributed by atoms with Crippen LogP contribution in [0, 0.1) is 10.1 Å². The number of nitrogens with zero attached hydrogens (tertiary/aromatic N) is 3. The number of carboxylic acid groups (broad SMARTS) is 1. The van der Waals surface area contributed by atoms with E-state index in [9.17, 15) is 19.7 Å². The Balaban J connectivity index is 2.60. The maximum Gasteiger partial charge on any atom is 0.360 e. The number of aromatic carboxylic acids is 1. The molecule has 0 aliphatic heterocycles. The van der Waals surface area contributed by atoms with Crippen LogP contribution in [0.1, 0.15) is 10.5 Å². The van der Waals surface area contributed by atoms with Crippen molar-refractivity contribution < 1.29 is 19.6 Å². The van der Waals surface area contributed by atoms with Crippen molar-refractivity contribution in [3.63, 3.8) is 0 Å². The van der Waals surface area contributed by atoms with Gasteiger partial charge in [-0.05, 0) is 12.1 Å². The maximum absolute atomic E-state index is 11.3. The van der Waals surface area contributed by atoms with Gasteiger partial charge in [0.25, 0.3) is 0 Å². The van der Waals surface area contributed by atoms with Gasteiger partial charge in [-0.15, -0.1) is 0 Å². The Hall–Kier alpha value is -3.23. The van der Waals surface area contributed by atoms with Crippen LogP contribution in [0.3, 0.4) is 0 Å². The fourth-order valence-electron chi connectivity index (χ4n) is 1.66. The Morgan fingerprint density at radius 1 is 1.43 bits per heavy atom. The van der Waals surface area contributed by atoms with Gasteiger partial charge in [0.2, 0.25) is 11.1 Å². The van der Waals surface area contributed by atoms with Gasteiger partial charge in [0.05, 0.1) is 17.7 Å². The van der Waals surface area contributed by atoms with E-state index in [1.807, 2.05) is 0 Å². The summed E-state index contributed by atoms with van der Waals surface area (Å²) in [6.45, 7) is 0. The third-order valence-corrected chi connectivity index (χ3v) is 2.63. The molecule has 0 saturated heterocycles. The van der Waals surface area contributed by atoms with Crippen LogP contribution in [-0.4, -0.2) is 32.9 Å². The fourth-order valence-corrected chi connectivity index (χ4v) is 1.66. The first-order valence-electron chi connectivity index (χ1n) is 5.60. The molecule has 0 aliphatic carbocycles. The number of ether oxygens (including phenoxy) is 1. The van der Waals surface area contributed by atoms with Crippen molar-refractivity contribution >= 4 is 11.7 Å². The van der Waals surface area contributed by atoms with Crippen LogP contribution in [-0.2, 0) is 0 Å². The molecule has 1 aromatic carbocycles. The number of carbonyl (C=O) groups is 1. The minimum Gasteiger partial charge on any atom is -0.490 e. The van der Waals surface area contributed by atoms with E-state index in [-0.39, 0.29) is 17.1 Å². The van der Waals surface area contributed by atoms with E-state index < -0.39 is 22.0 Å². The lowest BCUT2D eigenvalue weighted by molar-refractivity contribution is -0.385. The van der Waals surface area contributed by atoms with E-state index in [2.05, 4.69) is 5.10 Å². The molecule has 0 fully saturated rings. The largest absolute Gasteiger partial charge is 0.490 e. The first-order chi connectivity index (χ1) is 9.93. The molecular formula is C12H9N3O6. The van der Waals surface area contributed by atoms with E-state index in [1.54, 1.807) is 0 Å². The molecule has 0 amide bonds. The lowest BCUT2D eigenvalue weighted by atomic mass is 10.2. The highest BCUT2D eigenvalue weighted by molar-refractivity contribution is 5.84. The van der Waals surface area contributed by atoms with Crippen molar-refractivity contribution in [2.45, 2.75) is 0 Å². The first kappa shape index (κ1) is 14.2. The van der Waals surface area contributed by atoms with E-state index in [1.165, 1.54) is 31.5 Å². The van der Waals surface area contributed by atoms with Crippen molar-refractivity contribution in [2.75, 3.05) is 7.11 Å². The molecule has 9 nitrogen and oxygen atoms in total. The molecule has 0 radical (unpaired) electrons. The van der Waals surface area contributed by atoms with Crippen LogP contribution in [0.5, 0.6) is 5.75 Å². The average Bonchev–Trinajstić information content (AvgIpc) is 2.46. The number of hydrogen-bond donors (Lipinski definition) is 1. The molecule has 1 aromatic heterocycles. The number of hydrogen-bond acceptors (Lipinski definition) is 6. The monoisotopic (exact) mass is 291 g/mol. The van der Waals surface area contributed by atoms with Gasteiger partial charge in [-0.25, -0.2) is 9.48 Å². The number of methoxy groups -OCH3 is 1. The molecule has 0 unspecified atom stereocenters. The zero-order valence-electron chi connectivity index (χ0n) is 10.7. The summed E-state index contributed by atoms with van der Waals surface area (Å²) in [6.07, 6.45) is 1.22. The number of carboxylic acids is 1. The molecule has 2 rings (SSSR count). The predicted molar refractivity (Wildman–Crippen MR) is 70.0 cm³/mol.